The van der Waals surface area contributed by atoms with Crippen LogP contribution in [0, 0.1) is 17.3 Å². The maximum Gasteiger partial charge on any atom is 0.129 e. The number of rotatable bonds is 5. The summed E-state index contributed by atoms with van der Waals surface area (Å²) >= 11 is 0. The largest absolute Gasteiger partial charge is 0.380 e. The van der Waals surface area contributed by atoms with Gasteiger partial charge in [0.1, 0.15) is 6.29 Å². The van der Waals surface area contributed by atoms with E-state index in [4.69, 9.17) is 4.74 Å². The Balaban J connectivity index is 1.80. The molecule has 1 saturated heterocycles. The minimum Gasteiger partial charge on any atom is -0.380 e. The number of carbonyl (C=O) groups excluding carboxylic acids is 1. The highest BCUT2D eigenvalue weighted by molar-refractivity contribution is 5.60. The lowest BCUT2D eigenvalue weighted by atomic mass is 9.88. The summed E-state index contributed by atoms with van der Waals surface area (Å²) in [6.07, 6.45) is 3.35. The third-order valence-electron chi connectivity index (χ3n) is 3.79. The molecule has 1 aliphatic heterocycles. The van der Waals surface area contributed by atoms with E-state index in [1.165, 1.54) is 6.42 Å². The second-order valence-corrected chi connectivity index (χ2v) is 5.45. The van der Waals surface area contributed by atoms with Gasteiger partial charge in [0, 0.05) is 19.7 Å². The summed E-state index contributed by atoms with van der Waals surface area (Å²) < 4.78 is 5.34. The van der Waals surface area contributed by atoms with E-state index in [0.29, 0.717) is 6.61 Å². The molecule has 0 aromatic heterocycles. The first-order chi connectivity index (χ1) is 7.15. The number of ether oxygens (including phenoxy) is 1. The molecule has 1 heterocycles. The van der Waals surface area contributed by atoms with Gasteiger partial charge in [-0.25, -0.2) is 0 Å². The van der Waals surface area contributed by atoms with Crippen molar-refractivity contribution in [3.63, 3.8) is 0 Å². The van der Waals surface area contributed by atoms with Gasteiger partial charge in [-0.2, -0.15) is 0 Å². The van der Waals surface area contributed by atoms with Crippen LogP contribution in [0.1, 0.15) is 19.8 Å². The van der Waals surface area contributed by atoms with Gasteiger partial charge in [-0.1, -0.05) is 6.92 Å². The molecule has 86 valence electrons. The van der Waals surface area contributed by atoms with Gasteiger partial charge in [0.2, 0.25) is 0 Å². The maximum absolute atomic E-state index is 11.1. The quantitative estimate of drug-likeness (QED) is 0.640. The average molecular weight is 211 g/mol. The van der Waals surface area contributed by atoms with Crippen LogP contribution in [0.15, 0.2) is 0 Å². The van der Waals surface area contributed by atoms with E-state index in [2.05, 4.69) is 18.9 Å². The number of hydrogen-bond acceptors (Lipinski definition) is 3. The molecular weight excluding hydrogens is 190 g/mol. The van der Waals surface area contributed by atoms with Gasteiger partial charge < -0.3 is 14.4 Å². The van der Waals surface area contributed by atoms with E-state index in [0.717, 1.165) is 44.2 Å². The van der Waals surface area contributed by atoms with Crippen molar-refractivity contribution >= 4 is 6.29 Å². The van der Waals surface area contributed by atoms with Crippen molar-refractivity contribution in [3.8, 4) is 0 Å². The molecule has 2 aliphatic rings. The molecule has 0 radical (unpaired) electrons. The monoisotopic (exact) mass is 211 g/mol. The summed E-state index contributed by atoms with van der Waals surface area (Å²) in [5.41, 5.74) is -0.215. The Bertz CT molecular complexity index is 236. The normalized spacial score (nSPS) is 39.7. The van der Waals surface area contributed by atoms with E-state index in [9.17, 15) is 4.79 Å². The summed E-state index contributed by atoms with van der Waals surface area (Å²) in [7, 11) is 2.12. The highest BCUT2D eigenvalue weighted by atomic mass is 16.5. The summed E-state index contributed by atoms with van der Waals surface area (Å²) in [6.45, 7) is 5.65. The fourth-order valence-corrected chi connectivity index (χ4v) is 2.53. The minimum absolute atomic E-state index is 0.215. The van der Waals surface area contributed by atoms with E-state index < -0.39 is 0 Å². The zero-order valence-corrected chi connectivity index (χ0v) is 9.74. The van der Waals surface area contributed by atoms with Crippen LogP contribution in [0.5, 0.6) is 0 Å². The maximum atomic E-state index is 11.1. The average Bonchev–Trinajstić information content (AvgIpc) is 2.71. The third kappa shape index (κ3) is 2.58. The molecule has 3 atom stereocenters. The number of aldehydes is 1. The van der Waals surface area contributed by atoms with Crippen LogP contribution in [-0.4, -0.2) is 44.5 Å². The zero-order chi connectivity index (χ0) is 10.9. The predicted molar refractivity (Wildman–Crippen MR) is 58.7 cm³/mol. The van der Waals surface area contributed by atoms with Crippen molar-refractivity contribution in [1.29, 1.82) is 0 Å². The molecule has 0 bridgehead atoms. The van der Waals surface area contributed by atoms with Crippen LogP contribution >= 0.6 is 0 Å². The molecule has 1 saturated carbocycles. The lowest BCUT2D eigenvalue weighted by Gasteiger charge is -2.27. The number of hydrogen-bond donors (Lipinski definition) is 0. The lowest BCUT2D eigenvalue weighted by Crippen LogP contribution is -2.38. The fourth-order valence-electron chi connectivity index (χ4n) is 2.53. The molecular formula is C12H21NO2. The highest BCUT2D eigenvalue weighted by Crippen LogP contribution is 2.38. The second kappa shape index (κ2) is 4.22. The molecule has 3 nitrogen and oxygen atoms in total. The van der Waals surface area contributed by atoms with E-state index >= 15 is 0 Å². The van der Waals surface area contributed by atoms with Crippen LogP contribution in [0.2, 0.25) is 0 Å². The van der Waals surface area contributed by atoms with Gasteiger partial charge in [-0.15, -0.1) is 0 Å². The molecule has 3 heteroatoms. The lowest BCUT2D eigenvalue weighted by molar-refractivity contribution is -0.117. The van der Waals surface area contributed by atoms with Gasteiger partial charge in [0.15, 0.2) is 0 Å². The Hall–Kier alpha value is -0.410. The van der Waals surface area contributed by atoms with Gasteiger partial charge in [0.05, 0.1) is 12.0 Å². The first-order valence-corrected chi connectivity index (χ1v) is 5.88. The zero-order valence-electron chi connectivity index (χ0n) is 9.74. The Morgan fingerprint density at radius 1 is 1.60 bits per heavy atom. The van der Waals surface area contributed by atoms with Crippen molar-refractivity contribution < 1.29 is 9.53 Å². The Kier molecular flexibility index (Phi) is 3.12. The van der Waals surface area contributed by atoms with Crippen LogP contribution in [0.25, 0.3) is 0 Å². The predicted octanol–water partition coefficient (Wildman–Crippen LogP) is 1.18. The molecule has 0 spiro atoms. The van der Waals surface area contributed by atoms with Crippen LogP contribution in [0.4, 0.5) is 0 Å². The highest BCUT2D eigenvalue weighted by Gasteiger charge is 2.38. The van der Waals surface area contributed by atoms with Gasteiger partial charge in [-0.05, 0) is 31.7 Å². The summed E-state index contributed by atoms with van der Waals surface area (Å²) in [5, 5.41) is 0. The minimum atomic E-state index is -0.215. The molecule has 2 rings (SSSR count). The van der Waals surface area contributed by atoms with E-state index in [-0.39, 0.29) is 5.41 Å². The Morgan fingerprint density at radius 3 is 2.80 bits per heavy atom. The van der Waals surface area contributed by atoms with Crippen molar-refractivity contribution in [2.75, 3.05) is 33.4 Å². The van der Waals surface area contributed by atoms with Crippen LogP contribution in [0.3, 0.4) is 0 Å². The molecule has 1 aliphatic carbocycles. The van der Waals surface area contributed by atoms with E-state index in [1.807, 2.05) is 0 Å². The number of nitrogens with zero attached hydrogens (tertiary/aromatic N) is 1. The molecule has 0 N–H and O–H groups in total. The van der Waals surface area contributed by atoms with Gasteiger partial charge >= 0.3 is 0 Å². The van der Waals surface area contributed by atoms with Crippen molar-refractivity contribution in [2.24, 2.45) is 17.3 Å². The molecule has 0 amide bonds. The molecule has 3 unspecified atom stereocenters. The smallest absolute Gasteiger partial charge is 0.129 e. The molecule has 2 fully saturated rings. The van der Waals surface area contributed by atoms with Crippen molar-refractivity contribution in [3.05, 3.63) is 0 Å². The van der Waals surface area contributed by atoms with Crippen molar-refractivity contribution in [1.82, 2.24) is 4.90 Å². The summed E-state index contributed by atoms with van der Waals surface area (Å²) in [4.78, 5) is 13.4. The van der Waals surface area contributed by atoms with Crippen LogP contribution in [-0.2, 0) is 9.53 Å². The summed E-state index contributed by atoms with van der Waals surface area (Å²) in [5.74, 6) is 1.75. The van der Waals surface area contributed by atoms with Gasteiger partial charge in [0.25, 0.3) is 0 Å². The fraction of sp³-hybridized carbons (Fsp3) is 0.917. The first kappa shape index (κ1) is 11.1. The van der Waals surface area contributed by atoms with Gasteiger partial charge in [-0.3, -0.25) is 0 Å². The standard InChI is InChI=1S/C12H21NO2/c1-10-5-11(10)6-13(2)7-12(8-14)3-4-15-9-12/h8,10-11H,3-7,9H2,1-2H3. The summed E-state index contributed by atoms with van der Waals surface area (Å²) in [6, 6.07) is 0. The Labute approximate surface area is 91.8 Å². The third-order valence-corrected chi connectivity index (χ3v) is 3.79. The van der Waals surface area contributed by atoms with E-state index in [1.54, 1.807) is 0 Å². The molecule has 0 aromatic rings. The van der Waals surface area contributed by atoms with Crippen LogP contribution < -0.4 is 0 Å². The molecule has 0 aromatic carbocycles. The van der Waals surface area contributed by atoms with Crippen molar-refractivity contribution in [2.45, 2.75) is 19.8 Å². The second-order valence-electron chi connectivity index (χ2n) is 5.45. The number of carbonyl (C=O) groups is 1. The Morgan fingerprint density at radius 2 is 2.33 bits per heavy atom. The SMILES string of the molecule is CC1CC1CN(C)CC1(C=O)CCOC1. The molecule has 15 heavy (non-hydrogen) atoms. The topological polar surface area (TPSA) is 29.5 Å². The first-order valence-electron chi connectivity index (χ1n) is 5.88.